The van der Waals surface area contributed by atoms with E-state index in [0.29, 0.717) is 17.4 Å². The molecule has 5 nitrogen and oxygen atoms in total. The molecule has 4 rings (SSSR count). The lowest BCUT2D eigenvalue weighted by molar-refractivity contribution is -0.120. The largest absolute Gasteiger partial charge is 0.497 e. The number of amides is 1. The van der Waals surface area contributed by atoms with Crippen LogP contribution in [-0.4, -0.2) is 24.6 Å². The number of aryl methyl sites for hydroxylation is 2. The van der Waals surface area contributed by atoms with Gasteiger partial charge < -0.3 is 9.47 Å². The van der Waals surface area contributed by atoms with Crippen molar-refractivity contribution in [3.05, 3.63) is 83.4 Å². The number of anilines is 1. The maximum Gasteiger partial charge on any atom is 0.267 e. The van der Waals surface area contributed by atoms with Crippen LogP contribution in [-0.2, 0) is 11.3 Å². The summed E-state index contributed by atoms with van der Waals surface area (Å²) >= 11 is 1.53. The van der Waals surface area contributed by atoms with Crippen LogP contribution in [0.2, 0.25) is 0 Å². The van der Waals surface area contributed by atoms with Crippen LogP contribution in [0.4, 0.5) is 5.13 Å². The third-order valence-corrected chi connectivity index (χ3v) is 5.98. The zero-order valence-corrected chi connectivity index (χ0v) is 18.6. The molecule has 158 valence electrons. The maximum absolute atomic E-state index is 13.2. The van der Waals surface area contributed by atoms with Crippen LogP contribution in [0.3, 0.4) is 0 Å². The molecule has 0 bridgehead atoms. The van der Waals surface area contributed by atoms with E-state index >= 15 is 0 Å². The Hall–Kier alpha value is -3.38. The first-order valence-corrected chi connectivity index (χ1v) is 10.8. The molecular weight excluding hydrogens is 408 g/mol. The molecule has 6 heteroatoms. The molecule has 31 heavy (non-hydrogen) atoms. The van der Waals surface area contributed by atoms with Crippen molar-refractivity contribution >= 4 is 32.6 Å². The molecule has 0 radical (unpaired) electrons. The second-order valence-electron chi connectivity index (χ2n) is 7.35. The number of ether oxygens (including phenoxy) is 2. The Morgan fingerprint density at radius 2 is 1.71 bits per heavy atom. The monoisotopic (exact) mass is 432 g/mol. The van der Waals surface area contributed by atoms with Crippen LogP contribution in [0, 0.1) is 13.8 Å². The standard InChI is InChI=1S/C25H24N2O3S/c1-17-13-18(2)24-22(14-17)31-25(26-24)27(15-19-7-5-4-6-8-19)23(28)16-30-21-11-9-20(29-3)10-12-21/h4-14H,15-16H2,1-3H3. The SMILES string of the molecule is COc1ccc(OCC(=O)N(Cc2ccccc2)c2nc3c(C)cc(C)cc3s2)cc1. The number of rotatable bonds is 7. The van der Waals surface area contributed by atoms with Crippen molar-refractivity contribution in [1.82, 2.24) is 4.98 Å². The highest BCUT2D eigenvalue weighted by Gasteiger charge is 2.21. The molecule has 4 aromatic rings. The molecule has 3 aromatic carbocycles. The summed E-state index contributed by atoms with van der Waals surface area (Å²) in [5.41, 5.74) is 4.27. The summed E-state index contributed by atoms with van der Waals surface area (Å²) in [6.07, 6.45) is 0. The van der Waals surface area contributed by atoms with Gasteiger partial charge in [0.2, 0.25) is 0 Å². The van der Waals surface area contributed by atoms with Crippen LogP contribution in [0.15, 0.2) is 66.7 Å². The van der Waals surface area contributed by atoms with E-state index in [1.165, 1.54) is 16.9 Å². The van der Waals surface area contributed by atoms with Gasteiger partial charge in [0.15, 0.2) is 11.7 Å². The fourth-order valence-electron chi connectivity index (χ4n) is 3.40. The van der Waals surface area contributed by atoms with Crippen LogP contribution >= 0.6 is 11.3 Å². The number of fused-ring (bicyclic) bond motifs is 1. The molecule has 1 amide bonds. The molecule has 0 aliphatic carbocycles. The molecule has 1 aromatic heterocycles. The Balaban J connectivity index is 1.60. The summed E-state index contributed by atoms with van der Waals surface area (Å²) in [6.45, 7) is 4.48. The topological polar surface area (TPSA) is 51.7 Å². The molecule has 1 heterocycles. The number of carbonyl (C=O) groups excluding carboxylic acids is 1. The van der Waals surface area contributed by atoms with Crippen molar-refractivity contribution in [2.45, 2.75) is 20.4 Å². The van der Waals surface area contributed by atoms with Crippen molar-refractivity contribution in [3.8, 4) is 11.5 Å². The van der Waals surface area contributed by atoms with E-state index in [2.05, 4.69) is 26.0 Å². The highest BCUT2D eigenvalue weighted by Crippen LogP contribution is 2.32. The van der Waals surface area contributed by atoms with Gasteiger partial charge in [-0.1, -0.05) is 47.7 Å². The summed E-state index contributed by atoms with van der Waals surface area (Å²) in [7, 11) is 1.61. The van der Waals surface area contributed by atoms with E-state index < -0.39 is 0 Å². The van der Waals surface area contributed by atoms with Gasteiger partial charge in [-0.25, -0.2) is 4.98 Å². The molecule has 0 aliphatic heterocycles. The highest BCUT2D eigenvalue weighted by molar-refractivity contribution is 7.22. The molecule has 0 N–H and O–H groups in total. The second kappa shape index (κ2) is 9.18. The molecule has 0 fully saturated rings. The highest BCUT2D eigenvalue weighted by atomic mass is 32.1. The third kappa shape index (κ3) is 4.86. The van der Waals surface area contributed by atoms with Crippen molar-refractivity contribution in [2.24, 2.45) is 0 Å². The van der Waals surface area contributed by atoms with Crippen LogP contribution < -0.4 is 14.4 Å². The van der Waals surface area contributed by atoms with Gasteiger partial charge in [-0.3, -0.25) is 9.69 Å². The second-order valence-corrected chi connectivity index (χ2v) is 8.36. The predicted octanol–water partition coefficient (Wildman–Crippen LogP) is 5.53. The molecule has 0 unspecified atom stereocenters. The number of aromatic nitrogens is 1. The quantitative estimate of drug-likeness (QED) is 0.385. The first-order chi connectivity index (χ1) is 15.0. The van der Waals surface area contributed by atoms with Crippen molar-refractivity contribution < 1.29 is 14.3 Å². The first-order valence-electron chi connectivity index (χ1n) is 10.0. The van der Waals surface area contributed by atoms with E-state index in [9.17, 15) is 4.79 Å². The number of benzene rings is 3. The Morgan fingerprint density at radius 1 is 1.00 bits per heavy atom. The fraction of sp³-hybridized carbons (Fsp3) is 0.200. The minimum Gasteiger partial charge on any atom is -0.497 e. The molecule has 0 atom stereocenters. The van der Waals surface area contributed by atoms with E-state index in [1.54, 1.807) is 36.3 Å². The molecular formula is C25H24N2O3S. The summed E-state index contributed by atoms with van der Waals surface area (Å²) in [5, 5.41) is 0.677. The average molecular weight is 433 g/mol. The Morgan fingerprint density at radius 3 is 2.42 bits per heavy atom. The van der Waals surface area contributed by atoms with Gasteiger partial charge in [0.25, 0.3) is 5.91 Å². The lowest BCUT2D eigenvalue weighted by Gasteiger charge is -2.20. The van der Waals surface area contributed by atoms with Gasteiger partial charge in [-0.15, -0.1) is 0 Å². The van der Waals surface area contributed by atoms with Gasteiger partial charge in [0.05, 0.1) is 23.9 Å². The lowest BCUT2D eigenvalue weighted by atomic mass is 10.1. The average Bonchev–Trinajstić information content (AvgIpc) is 3.21. The minimum absolute atomic E-state index is 0.0763. The molecule has 0 saturated carbocycles. The Kier molecular flexibility index (Phi) is 6.18. The number of carbonyl (C=O) groups is 1. The summed E-state index contributed by atoms with van der Waals surface area (Å²) in [6, 6.07) is 21.3. The number of methoxy groups -OCH3 is 1. The summed E-state index contributed by atoms with van der Waals surface area (Å²) in [4.78, 5) is 19.7. The normalized spacial score (nSPS) is 10.8. The Bertz CT molecular complexity index is 1190. The molecule has 0 aliphatic rings. The van der Waals surface area contributed by atoms with Crippen LogP contribution in [0.5, 0.6) is 11.5 Å². The van der Waals surface area contributed by atoms with Crippen LogP contribution in [0.1, 0.15) is 16.7 Å². The van der Waals surface area contributed by atoms with E-state index in [0.717, 1.165) is 27.1 Å². The number of nitrogens with zero attached hydrogens (tertiary/aromatic N) is 2. The zero-order valence-electron chi connectivity index (χ0n) is 17.8. The van der Waals surface area contributed by atoms with Crippen molar-refractivity contribution in [1.29, 1.82) is 0 Å². The van der Waals surface area contributed by atoms with Gasteiger partial charge in [-0.2, -0.15) is 0 Å². The zero-order chi connectivity index (χ0) is 21.8. The summed E-state index contributed by atoms with van der Waals surface area (Å²) < 4.78 is 12.0. The first kappa shape index (κ1) is 20.9. The predicted molar refractivity (Wildman–Crippen MR) is 125 cm³/mol. The van der Waals surface area contributed by atoms with Crippen molar-refractivity contribution in [2.75, 3.05) is 18.6 Å². The number of thiazole rings is 1. The molecule has 0 saturated heterocycles. The number of hydrogen-bond donors (Lipinski definition) is 0. The molecule has 0 spiro atoms. The van der Waals surface area contributed by atoms with E-state index in [4.69, 9.17) is 14.5 Å². The van der Waals surface area contributed by atoms with Crippen molar-refractivity contribution in [3.63, 3.8) is 0 Å². The lowest BCUT2D eigenvalue weighted by Crippen LogP contribution is -2.34. The number of hydrogen-bond acceptors (Lipinski definition) is 5. The van der Waals surface area contributed by atoms with Gasteiger partial charge in [-0.05, 0) is 60.9 Å². The van der Waals surface area contributed by atoms with Crippen LogP contribution in [0.25, 0.3) is 10.2 Å². The third-order valence-electron chi connectivity index (χ3n) is 4.96. The van der Waals surface area contributed by atoms with E-state index in [1.807, 2.05) is 30.3 Å². The fourth-order valence-corrected chi connectivity index (χ4v) is 4.56. The minimum atomic E-state index is -0.145. The van der Waals surface area contributed by atoms with Gasteiger partial charge >= 0.3 is 0 Å². The Labute approximate surface area is 185 Å². The maximum atomic E-state index is 13.2. The summed E-state index contributed by atoms with van der Waals surface area (Å²) in [5.74, 6) is 1.21. The van der Waals surface area contributed by atoms with Gasteiger partial charge in [0, 0.05) is 0 Å². The van der Waals surface area contributed by atoms with E-state index in [-0.39, 0.29) is 12.5 Å². The smallest absolute Gasteiger partial charge is 0.267 e. The van der Waals surface area contributed by atoms with Gasteiger partial charge in [0.1, 0.15) is 11.5 Å².